The number of methoxy groups -OCH3 is 1. The Morgan fingerprint density at radius 3 is 1.48 bits per heavy atom. The van der Waals surface area contributed by atoms with Crippen LogP contribution in [0, 0.1) is 0 Å². The average molecular weight is 1060 g/mol. The van der Waals surface area contributed by atoms with Crippen LogP contribution in [0.15, 0.2) is 152 Å². The molecule has 416 valence electrons. The quantitative estimate of drug-likeness (QED) is 0.0227. The predicted octanol–water partition coefficient (Wildman–Crippen LogP) is 8.75. The molecule has 1 amide bonds. The fourth-order valence-electron chi connectivity index (χ4n) is 9.22. The van der Waals surface area contributed by atoms with Crippen molar-refractivity contribution in [2.24, 2.45) is 0 Å². The fraction of sp³-hybridized carbons (Fsp3) is 0.475. The minimum absolute atomic E-state index is 0.0454. The molecule has 16 heteroatoms. The zero-order valence-electron chi connectivity index (χ0n) is 44.4. The molecule has 2 aliphatic heterocycles. The van der Waals surface area contributed by atoms with E-state index in [1.165, 1.54) is 14.0 Å². The summed E-state index contributed by atoms with van der Waals surface area (Å²) in [5.41, 5.74) is 4.68. The molecule has 2 heterocycles. The number of benzene rings is 5. The lowest BCUT2D eigenvalue weighted by molar-refractivity contribution is -0.363. The number of rotatable bonds is 34. The molecule has 2 N–H and O–H groups in total. The van der Waals surface area contributed by atoms with Crippen LogP contribution >= 0.6 is 0 Å². The number of hydrogen-bond acceptors (Lipinski definition) is 15. The average Bonchev–Trinajstić information content (AvgIpc) is 3.48. The van der Waals surface area contributed by atoms with Crippen LogP contribution in [0.1, 0.15) is 79.7 Å². The normalized spacial score (nSPS) is 23.3. The standard InChI is InChI=1S/C61H77NO15/c1-45(63)62-54-58(74-44-69-38-48-28-16-9-17-29-48)57(52(42-70-43-68-37-47-26-14-8-15-27-47)75-60(54)71-35-23-6-4-3-5-22-34-53(64)66-2)77-61-55(65)59(73-40-50-32-20-11-21-33-50)56(72-39-49-30-18-10-19-31-49)51(76-61)41-67-36-46-24-12-7-13-25-46/h7-21,24-33,51-52,54-61,65H,3-6,22-23,34-44H2,1-2H3,(H,62,63)/t51-,52-,54-,55-,56+,57-,58-,59-,60-,61+/m1/s1. The van der Waals surface area contributed by atoms with Gasteiger partial charge < -0.3 is 67.3 Å². The van der Waals surface area contributed by atoms with E-state index in [9.17, 15) is 14.7 Å². The number of nitrogens with one attached hydrogen (secondary N) is 1. The minimum atomic E-state index is -1.44. The van der Waals surface area contributed by atoms with Gasteiger partial charge in [0.1, 0.15) is 62.4 Å². The first-order valence-corrected chi connectivity index (χ1v) is 26.8. The molecule has 5 aromatic carbocycles. The molecule has 0 spiro atoms. The number of unbranched alkanes of at least 4 members (excludes halogenated alkanes) is 5. The number of aliphatic hydroxyl groups is 1. The lowest BCUT2D eigenvalue weighted by Crippen LogP contribution is -2.68. The van der Waals surface area contributed by atoms with Crippen LogP contribution < -0.4 is 5.32 Å². The van der Waals surface area contributed by atoms with Crippen molar-refractivity contribution < 1.29 is 71.5 Å². The summed E-state index contributed by atoms with van der Waals surface area (Å²) in [5, 5.41) is 15.7. The summed E-state index contributed by atoms with van der Waals surface area (Å²) >= 11 is 0. The van der Waals surface area contributed by atoms with Crippen molar-refractivity contribution in [1.29, 1.82) is 0 Å². The largest absolute Gasteiger partial charge is 0.469 e. The topological polar surface area (TPSA) is 177 Å². The third-order valence-corrected chi connectivity index (χ3v) is 13.2. The fourth-order valence-corrected chi connectivity index (χ4v) is 9.22. The number of carbonyl (C=O) groups excluding carboxylic acids is 2. The van der Waals surface area contributed by atoms with E-state index in [-0.39, 0.29) is 65.1 Å². The van der Waals surface area contributed by atoms with E-state index in [1.54, 1.807) is 0 Å². The summed E-state index contributed by atoms with van der Waals surface area (Å²) in [6.07, 6.45) is -4.03. The second kappa shape index (κ2) is 33.8. The van der Waals surface area contributed by atoms with Crippen LogP contribution in [0.3, 0.4) is 0 Å². The van der Waals surface area contributed by atoms with Crippen LogP contribution in [0.5, 0.6) is 0 Å². The molecule has 0 bridgehead atoms. The second-order valence-corrected chi connectivity index (χ2v) is 19.2. The van der Waals surface area contributed by atoms with E-state index in [0.717, 1.165) is 59.9 Å². The smallest absolute Gasteiger partial charge is 0.305 e. The maximum Gasteiger partial charge on any atom is 0.305 e. The highest BCUT2D eigenvalue weighted by Crippen LogP contribution is 2.34. The van der Waals surface area contributed by atoms with E-state index < -0.39 is 61.3 Å². The molecule has 77 heavy (non-hydrogen) atoms. The molecule has 0 saturated carbocycles. The predicted molar refractivity (Wildman–Crippen MR) is 285 cm³/mol. The molecular weight excluding hydrogens is 987 g/mol. The zero-order chi connectivity index (χ0) is 53.7. The highest BCUT2D eigenvalue weighted by molar-refractivity contribution is 5.73. The number of esters is 1. The summed E-state index contributed by atoms with van der Waals surface area (Å²) in [6, 6.07) is 47.8. The highest BCUT2D eigenvalue weighted by atomic mass is 16.8. The minimum Gasteiger partial charge on any atom is -0.469 e. The third-order valence-electron chi connectivity index (χ3n) is 13.2. The van der Waals surface area contributed by atoms with Crippen molar-refractivity contribution in [3.63, 3.8) is 0 Å². The first kappa shape index (κ1) is 59.2. The Morgan fingerprint density at radius 1 is 0.481 bits per heavy atom. The molecule has 2 aliphatic rings. The Bertz CT molecular complexity index is 2360. The van der Waals surface area contributed by atoms with Crippen LogP contribution in [-0.2, 0) is 99.5 Å². The third kappa shape index (κ3) is 20.4. The van der Waals surface area contributed by atoms with Crippen LogP contribution in [0.25, 0.3) is 0 Å². The van der Waals surface area contributed by atoms with E-state index in [1.807, 2.05) is 152 Å². The number of ether oxygens (including phenoxy) is 12. The van der Waals surface area contributed by atoms with Crippen molar-refractivity contribution in [2.45, 2.75) is 146 Å². The van der Waals surface area contributed by atoms with Gasteiger partial charge >= 0.3 is 5.97 Å². The van der Waals surface area contributed by atoms with Gasteiger partial charge in [0.2, 0.25) is 5.91 Å². The maximum absolute atomic E-state index is 13.2. The molecule has 0 aliphatic carbocycles. The summed E-state index contributed by atoms with van der Waals surface area (Å²) in [7, 11) is 1.40. The molecular formula is C61H77NO15. The van der Waals surface area contributed by atoms with Gasteiger partial charge in [-0.25, -0.2) is 0 Å². The van der Waals surface area contributed by atoms with Gasteiger partial charge in [-0.3, -0.25) is 9.59 Å². The highest BCUT2D eigenvalue weighted by Gasteiger charge is 2.54. The van der Waals surface area contributed by atoms with E-state index in [2.05, 4.69) is 5.32 Å². The van der Waals surface area contributed by atoms with Gasteiger partial charge in [0.05, 0.1) is 53.4 Å². The lowest BCUT2D eigenvalue weighted by Gasteiger charge is -2.49. The summed E-state index contributed by atoms with van der Waals surface area (Å²) in [6.45, 7) is 2.57. The van der Waals surface area contributed by atoms with Gasteiger partial charge in [-0.15, -0.1) is 0 Å². The Labute approximate surface area is 453 Å². The number of hydrogen-bond donors (Lipinski definition) is 2. The zero-order valence-corrected chi connectivity index (χ0v) is 44.4. The Balaban J connectivity index is 1.16. The van der Waals surface area contributed by atoms with Crippen molar-refractivity contribution in [3.05, 3.63) is 179 Å². The lowest BCUT2D eigenvalue weighted by atomic mass is 9.95. The Hall–Kier alpha value is -5.44. The van der Waals surface area contributed by atoms with Gasteiger partial charge in [0, 0.05) is 20.0 Å². The number of aliphatic hydroxyl groups excluding tert-OH is 1. The van der Waals surface area contributed by atoms with E-state index in [4.69, 9.17) is 56.8 Å². The first-order chi connectivity index (χ1) is 37.8. The van der Waals surface area contributed by atoms with Crippen molar-refractivity contribution in [1.82, 2.24) is 5.32 Å². The monoisotopic (exact) mass is 1060 g/mol. The Morgan fingerprint density at radius 2 is 0.935 bits per heavy atom. The molecule has 5 aromatic rings. The first-order valence-electron chi connectivity index (χ1n) is 26.8. The molecule has 0 unspecified atom stereocenters. The van der Waals surface area contributed by atoms with E-state index >= 15 is 0 Å². The summed E-state index contributed by atoms with van der Waals surface area (Å²) in [5.74, 6) is -0.565. The number of amides is 1. The Kier molecular flexibility index (Phi) is 26.0. The molecule has 7 rings (SSSR count). The molecule has 0 aromatic heterocycles. The summed E-state index contributed by atoms with van der Waals surface area (Å²) < 4.78 is 76.7. The van der Waals surface area contributed by atoms with Crippen LogP contribution in [0.4, 0.5) is 0 Å². The van der Waals surface area contributed by atoms with Gasteiger partial charge in [-0.2, -0.15) is 0 Å². The second-order valence-electron chi connectivity index (χ2n) is 19.2. The van der Waals surface area contributed by atoms with Crippen LogP contribution in [0.2, 0.25) is 0 Å². The molecule has 2 fully saturated rings. The van der Waals surface area contributed by atoms with Gasteiger partial charge in [0.25, 0.3) is 0 Å². The van der Waals surface area contributed by atoms with Crippen molar-refractivity contribution in [3.8, 4) is 0 Å². The van der Waals surface area contributed by atoms with Gasteiger partial charge in [-0.05, 0) is 40.7 Å². The van der Waals surface area contributed by atoms with E-state index in [0.29, 0.717) is 26.1 Å². The SMILES string of the molecule is COC(=O)CCCCCCCCO[C@@H]1O[C@H](COCOCc2ccccc2)[C@@H](O[C@@H]2O[C@H](COCc3ccccc3)[C@H](OCc3ccccc3)[C@H](OCc3ccccc3)[C@H]2O)[C@H](OCOCc2ccccc2)[C@H]1NC(C)=O. The molecule has 2 saturated heterocycles. The maximum atomic E-state index is 13.2. The van der Waals surface area contributed by atoms with Crippen molar-refractivity contribution in [2.75, 3.05) is 40.5 Å². The summed E-state index contributed by atoms with van der Waals surface area (Å²) in [4.78, 5) is 24.8. The molecule has 10 atom stereocenters. The molecule has 16 nitrogen and oxygen atoms in total. The van der Waals surface area contributed by atoms with Gasteiger partial charge in [0.15, 0.2) is 12.6 Å². The van der Waals surface area contributed by atoms with Gasteiger partial charge in [-0.1, -0.05) is 177 Å². The molecule has 0 radical (unpaired) electrons. The van der Waals surface area contributed by atoms with Crippen molar-refractivity contribution >= 4 is 11.9 Å². The number of carbonyl (C=O) groups is 2. The van der Waals surface area contributed by atoms with Crippen LogP contribution in [-0.4, -0.2) is 119 Å².